The molecule has 3 aromatic rings. The van der Waals surface area contributed by atoms with Crippen LogP contribution in [0.4, 0.5) is 11.4 Å². The number of nitrogens with one attached hydrogen (secondary N) is 1. The zero-order valence-electron chi connectivity index (χ0n) is 20.6. The highest BCUT2D eigenvalue weighted by Gasteiger charge is 2.28. The van der Waals surface area contributed by atoms with Crippen molar-refractivity contribution in [3.05, 3.63) is 65.9 Å². The molecule has 2 aromatic carbocycles. The smallest absolute Gasteiger partial charge is 0.109 e. The Morgan fingerprint density at radius 1 is 1.14 bits per heavy atom. The van der Waals surface area contributed by atoms with E-state index >= 15 is 0 Å². The second-order valence-corrected chi connectivity index (χ2v) is 10.9. The van der Waals surface area contributed by atoms with Crippen molar-refractivity contribution in [3.8, 4) is 0 Å². The fourth-order valence-electron chi connectivity index (χ4n) is 5.80. The van der Waals surface area contributed by atoms with Crippen LogP contribution in [0.25, 0.3) is 16.6 Å². The van der Waals surface area contributed by atoms with Gasteiger partial charge >= 0.3 is 0 Å². The average molecular weight is 486 g/mol. The molecule has 3 aliphatic rings. The van der Waals surface area contributed by atoms with Crippen LogP contribution in [0.3, 0.4) is 0 Å². The lowest BCUT2D eigenvalue weighted by molar-refractivity contribution is 0.314. The number of fused-ring (bicyclic) bond motifs is 2. The molecular formula is C29H35N5S. The topological polar surface area (TPSA) is 49.5 Å². The molecule has 0 amide bonds. The fraction of sp³-hybridized carbons (Fsp3) is 0.414. The van der Waals surface area contributed by atoms with Crippen molar-refractivity contribution in [2.75, 3.05) is 36.4 Å². The lowest BCUT2D eigenvalue weighted by Gasteiger charge is -2.36. The van der Waals surface area contributed by atoms with E-state index in [0.717, 1.165) is 73.4 Å². The Balaban J connectivity index is 1.34. The molecular weight excluding hydrogens is 450 g/mol. The predicted molar refractivity (Wildman–Crippen MR) is 151 cm³/mol. The Morgan fingerprint density at radius 3 is 2.77 bits per heavy atom. The summed E-state index contributed by atoms with van der Waals surface area (Å²) in [6, 6.07) is 15.7. The van der Waals surface area contributed by atoms with E-state index in [2.05, 4.69) is 75.7 Å². The number of hydrogen-bond acceptors (Lipinski definition) is 4. The molecule has 0 radical (unpaired) electrons. The number of aromatic nitrogens is 1. The molecule has 3 N–H and O–H groups in total. The molecule has 6 heteroatoms. The number of nitrogens with zero attached hydrogens (tertiary/aromatic N) is 3. The minimum atomic E-state index is 0.208. The Kier molecular flexibility index (Phi) is 5.81. The number of rotatable bonds is 5. The molecule has 35 heavy (non-hydrogen) atoms. The summed E-state index contributed by atoms with van der Waals surface area (Å²) < 4.78 is 2.50. The standard InChI is InChI=1S/C29H35N5S/c1-19-14-23(29(35)32-12-5-7-24(30)18-32)15-25-28(19)33(13-11-31-25)20(2)27-16-22-6-3-4-8-26(22)34(27)17-21-9-10-21/h3-4,6,8,14-16,21,24,31H,2,5,7,9-13,17-18,30H2,1H3. The first-order valence-corrected chi connectivity index (χ1v) is 13.4. The van der Waals surface area contributed by atoms with E-state index in [0.29, 0.717) is 0 Å². The van der Waals surface area contributed by atoms with E-state index in [-0.39, 0.29) is 6.04 Å². The van der Waals surface area contributed by atoms with Crippen LogP contribution in [-0.2, 0) is 6.54 Å². The number of nitrogens with two attached hydrogens (primary N) is 1. The van der Waals surface area contributed by atoms with Gasteiger partial charge in [-0.2, -0.15) is 0 Å². The summed E-state index contributed by atoms with van der Waals surface area (Å²) in [5, 5.41) is 4.93. The van der Waals surface area contributed by atoms with Crippen molar-refractivity contribution in [1.29, 1.82) is 0 Å². The molecule has 0 spiro atoms. The predicted octanol–water partition coefficient (Wildman–Crippen LogP) is 5.36. The number of anilines is 2. The van der Waals surface area contributed by atoms with Crippen LogP contribution in [0.1, 0.15) is 42.5 Å². The van der Waals surface area contributed by atoms with Crippen LogP contribution in [0.15, 0.2) is 49.0 Å². The molecule has 2 aliphatic heterocycles. The highest BCUT2D eigenvalue weighted by Crippen LogP contribution is 2.40. The zero-order chi connectivity index (χ0) is 24.1. The van der Waals surface area contributed by atoms with E-state index in [1.807, 2.05) is 0 Å². The van der Waals surface area contributed by atoms with Gasteiger partial charge < -0.3 is 25.4 Å². The maximum Gasteiger partial charge on any atom is 0.109 e. The summed E-state index contributed by atoms with van der Waals surface area (Å²) in [6.45, 7) is 11.5. The van der Waals surface area contributed by atoms with Crippen molar-refractivity contribution >= 4 is 45.2 Å². The number of hydrogen-bond donors (Lipinski definition) is 2. The summed E-state index contributed by atoms with van der Waals surface area (Å²) in [7, 11) is 0. The van der Waals surface area contributed by atoms with Gasteiger partial charge in [0.25, 0.3) is 0 Å². The summed E-state index contributed by atoms with van der Waals surface area (Å²) in [6.07, 6.45) is 4.85. The second-order valence-electron chi connectivity index (χ2n) is 10.5. The molecule has 6 rings (SSSR count). The van der Waals surface area contributed by atoms with Gasteiger partial charge in [-0.25, -0.2) is 0 Å². The molecule has 1 saturated carbocycles. The van der Waals surface area contributed by atoms with Crippen LogP contribution >= 0.6 is 12.2 Å². The Hall–Kier alpha value is -2.83. The normalized spacial score (nSPS) is 20.0. The monoisotopic (exact) mass is 485 g/mol. The fourth-order valence-corrected chi connectivity index (χ4v) is 6.08. The molecule has 5 nitrogen and oxygen atoms in total. The van der Waals surface area contributed by atoms with Gasteiger partial charge in [0.2, 0.25) is 0 Å². The Labute approximate surface area is 213 Å². The SMILES string of the molecule is C=C(c1cc2ccccc2n1CC1CC1)N1CCNc2cc(C(=S)N3CCCC(N)C3)cc(C)c21. The Bertz CT molecular complexity index is 1300. The largest absolute Gasteiger partial charge is 0.382 e. The van der Waals surface area contributed by atoms with Gasteiger partial charge in [-0.15, -0.1) is 0 Å². The van der Waals surface area contributed by atoms with E-state index in [1.165, 1.54) is 40.7 Å². The summed E-state index contributed by atoms with van der Waals surface area (Å²) in [4.78, 5) is 5.59. The van der Waals surface area contributed by atoms with Crippen molar-refractivity contribution in [2.45, 2.75) is 45.2 Å². The third kappa shape index (κ3) is 4.23. The van der Waals surface area contributed by atoms with E-state index < -0.39 is 0 Å². The minimum absolute atomic E-state index is 0.208. The van der Waals surface area contributed by atoms with Gasteiger partial charge in [0.15, 0.2) is 0 Å². The average Bonchev–Trinajstić information content (AvgIpc) is 3.62. The van der Waals surface area contributed by atoms with Crippen LogP contribution in [0.5, 0.6) is 0 Å². The molecule has 3 heterocycles. The first-order chi connectivity index (χ1) is 17.0. The summed E-state index contributed by atoms with van der Waals surface area (Å²) in [5.41, 5.74) is 14.5. The zero-order valence-corrected chi connectivity index (χ0v) is 21.4. The van der Waals surface area contributed by atoms with Crippen LogP contribution < -0.4 is 16.0 Å². The number of piperidine rings is 1. The molecule has 0 bridgehead atoms. The van der Waals surface area contributed by atoms with Crippen LogP contribution in [-0.4, -0.2) is 46.7 Å². The van der Waals surface area contributed by atoms with Crippen LogP contribution in [0, 0.1) is 12.8 Å². The molecule has 1 aliphatic carbocycles. The summed E-state index contributed by atoms with van der Waals surface area (Å²) in [5.74, 6) is 0.792. The Morgan fingerprint density at radius 2 is 1.97 bits per heavy atom. The van der Waals surface area contributed by atoms with Gasteiger partial charge in [-0.1, -0.05) is 37.0 Å². The van der Waals surface area contributed by atoms with Crippen molar-refractivity contribution < 1.29 is 0 Å². The van der Waals surface area contributed by atoms with Gasteiger partial charge in [-0.3, -0.25) is 0 Å². The maximum absolute atomic E-state index is 6.23. The quantitative estimate of drug-likeness (QED) is 0.477. The van der Waals surface area contributed by atoms with Crippen LogP contribution in [0.2, 0.25) is 0 Å². The second kappa shape index (κ2) is 8.99. The lowest BCUT2D eigenvalue weighted by Crippen LogP contribution is -2.45. The maximum atomic E-state index is 6.23. The van der Waals surface area contributed by atoms with Gasteiger partial charge in [0.1, 0.15) is 4.99 Å². The first kappa shape index (κ1) is 22.6. The van der Waals surface area contributed by atoms with E-state index in [1.54, 1.807) is 0 Å². The van der Waals surface area contributed by atoms with Gasteiger partial charge in [0.05, 0.1) is 22.8 Å². The molecule has 1 saturated heterocycles. The van der Waals surface area contributed by atoms with Gasteiger partial charge in [0, 0.05) is 55.2 Å². The lowest BCUT2D eigenvalue weighted by atomic mass is 10.0. The number of thiocarbonyl (C=S) groups is 1. The minimum Gasteiger partial charge on any atom is -0.382 e. The number of likely N-dealkylation sites (tertiary alicyclic amines) is 1. The van der Waals surface area contributed by atoms with Gasteiger partial charge in [-0.05, 0) is 68.4 Å². The molecule has 1 aromatic heterocycles. The first-order valence-electron chi connectivity index (χ1n) is 13.0. The molecule has 1 atom stereocenters. The molecule has 2 fully saturated rings. The van der Waals surface area contributed by atoms with Crippen molar-refractivity contribution in [1.82, 2.24) is 9.47 Å². The van der Waals surface area contributed by atoms with Crippen molar-refractivity contribution in [2.24, 2.45) is 11.7 Å². The van der Waals surface area contributed by atoms with Crippen molar-refractivity contribution in [3.63, 3.8) is 0 Å². The molecule has 1 unspecified atom stereocenters. The highest BCUT2D eigenvalue weighted by atomic mass is 32.1. The highest BCUT2D eigenvalue weighted by molar-refractivity contribution is 7.80. The number of para-hydroxylation sites is 1. The third-order valence-corrected chi connectivity index (χ3v) is 8.28. The third-order valence-electron chi connectivity index (χ3n) is 7.78. The number of aryl methyl sites for hydroxylation is 1. The number of benzene rings is 2. The molecule has 182 valence electrons. The van der Waals surface area contributed by atoms with E-state index in [4.69, 9.17) is 18.0 Å². The van der Waals surface area contributed by atoms with E-state index in [9.17, 15) is 0 Å². The summed E-state index contributed by atoms with van der Waals surface area (Å²) >= 11 is 5.92.